The maximum Gasteiger partial charge on any atom is 0.238 e. The van der Waals surface area contributed by atoms with E-state index >= 15 is 0 Å². The molecule has 2 aromatic rings. The minimum atomic E-state index is 0.493. The molecular formula is C13H15N3O. The van der Waals surface area contributed by atoms with Crippen molar-refractivity contribution in [2.45, 2.75) is 20.4 Å². The van der Waals surface area contributed by atoms with Gasteiger partial charge in [0.2, 0.25) is 5.88 Å². The van der Waals surface area contributed by atoms with Crippen LogP contribution in [0.3, 0.4) is 0 Å². The third-order valence-corrected chi connectivity index (χ3v) is 2.48. The van der Waals surface area contributed by atoms with E-state index in [0.29, 0.717) is 12.4 Å². The predicted octanol–water partition coefficient (Wildman–Crippen LogP) is 2.34. The van der Waals surface area contributed by atoms with Crippen LogP contribution in [0.5, 0.6) is 11.6 Å². The number of nitrogens with two attached hydrogens (primary N) is 1. The first kappa shape index (κ1) is 11.5. The van der Waals surface area contributed by atoms with E-state index in [0.717, 1.165) is 22.6 Å². The second-order valence-corrected chi connectivity index (χ2v) is 3.92. The Kier molecular flexibility index (Phi) is 3.35. The molecule has 2 rings (SSSR count). The first-order chi connectivity index (χ1) is 8.19. The van der Waals surface area contributed by atoms with Gasteiger partial charge in [-0.15, -0.1) is 5.10 Å². The standard InChI is InChI=1S/C13H15N3O/c1-9-3-5-11(8-14)7-12(9)17-13-6-4-10(2)15-16-13/h3-7H,8,14H2,1-2H3. The number of ether oxygens (including phenoxy) is 1. The highest BCUT2D eigenvalue weighted by Crippen LogP contribution is 2.24. The van der Waals surface area contributed by atoms with Crippen LogP contribution in [0.15, 0.2) is 30.3 Å². The highest BCUT2D eigenvalue weighted by molar-refractivity contribution is 5.38. The van der Waals surface area contributed by atoms with Gasteiger partial charge >= 0.3 is 0 Å². The van der Waals surface area contributed by atoms with Crippen molar-refractivity contribution < 1.29 is 4.74 Å². The van der Waals surface area contributed by atoms with E-state index < -0.39 is 0 Å². The number of aryl methyl sites for hydroxylation is 2. The number of benzene rings is 1. The van der Waals surface area contributed by atoms with E-state index in [9.17, 15) is 0 Å². The van der Waals surface area contributed by atoms with Crippen LogP contribution in [0.25, 0.3) is 0 Å². The van der Waals surface area contributed by atoms with Gasteiger partial charge in [0.15, 0.2) is 0 Å². The van der Waals surface area contributed by atoms with Crippen molar-refractivity contribution in [2.75, 3.05) is 0 Å². The highest BCUT2D eigenvalue weighted by atomic mass is 16.5. The number of nitrogens with zero attached hydrogens (tertiary/aromatic N) is 2. The first-order valence-electron chi connectivity index (χ1n) is 5.47. The molecule has 17 heavy (non-hydrogen) atoms. The van der Waals surface area contributed by atoms with E-state index in [1.54, 1.807) is 6.07 Å². The van der Waals surface area contributed by atoms with Crippen molar-refractivity contribution in [1.82, 2.24) is 10.2 Å². The molecule has 88 valence electrons. The lowest BCUT2D eigenvalue weighted by molar-refractivity contribution is 0.450. The largest absolute Gasteiger partial charge is 0.437 e. The van der Waals surface area contributed by atoms with Crippen LogP contribution >= 0.6 is 0 Å². The van der Waals surface area contributed by atoms with Crippen molar-refractivity contribution >= 4 is 0 Å². The molecule has 0 radical (unpaired) electrons. The van der Waals surface area contributed by atoms with Crippen molar-refractivity contribution in [1.29, 1.82) is 0 Å². The Balaban J connectivity index is 2.25. The average molecular weight is 229 g/mol. The van der Waals surface area contributed by atoms with Gasteiger partial charge in [-0.3, -0.25) is 0 Å². The Morgan fingerprint density at radius 2 is 1.94 bits per heavy atom. The van der Waals surface area contributed by atoms with E-state index in [2.05, 4.69) is 10.2 Å². The van der Waals surface area contributed by atoms with E-state index in [1.165, 1.54) is 0 Å². The third kappa shape index (κ3) is 2.79. The molecular weight excluding hydrogens is 214 g/mol. The third-order valence-electron chi connectivity index (χ3n) is 2.48. The zero-order chi connectivity index (χ0) is 12.3. The van der Waals surface area contributed by atoms with Crippen molar-refractivity contribution in [2.24, 2.45) is 5.73 Å². The number of aromatic nitrogens is 2. The molecule has 4 heteroatoms. The fourth-order valence-electron chi connectivity index (χ4n) is 1.44. The molecule has 1 aromatic heterocycles. The first-order valence-corrected chi connectivity index (χ1v) is 5.47. The molecule has 0 saturated heterocycles. The maximum absolute atomic E-state index is 5.68. The van der Waals surface area contributed by atoms with Crippen LogP contribution in [-0.4, -0.2) is 10.2 Å². The Bertz CT molecular complexity index is 509. The quantitative estimate of drug-likeness (QED) is 0.877. The molecule has 0 amide bonds. The monoisotopic (exact) mass is 229 g/mol. The maximum atomic E-state index is 5.68. The van der Waals surface area contributed by atoms with Gasteiger partial charge in [-0.1, -0.05) is 12.1 Å². The summed E-state index contributed by atoms with van der Waals surface area (Å²) in [6.07, 6.45) is 0. The average Bonchev–Trinajstić information content (AvgIpc) is 2.35. The van der Waals surface area contributed by atoms with Crippen LogP contribution in [0.4, 0.5) is 0 Å². The highest BCUT2D eigenvalue weighted by Gasteiger charge is 2.04. The van der Waals surface area contributed by atoms with Crippen LogP contribution in [0.1, 0.15) is 16.8 Å². The molecule has 4 nitrogen and oxygen atoms in total. The molecule has 0 fully saturated rings. The summed E-state index contributed by atoms with van der Waals surface area (Å²) in [7, 11) is 0. The summed E-state index contributed by atoms with van der Waals surface area (Å²) in [4.78, 5) is 0. The zero-order valence-electron chi connectivity index (χ0n) is 9.97. The summed E-state index contributed by atoms with van der Waals surface area (Å²) in [5.74, 6) is 1.26. The second kappa shape index (κ2) is 4.93. The molecule has 0 saturated carbocycles. The Hall–Kier alpha value is -1.94. The van der Waals surface area contributed by atoms with Crippen molar-refractivity contribution in [3.63, 3.8) is 0 Å². The van der Waals surface area contributed by atoms with Gasteiger partial charge in [-0.05, 0) is 37.1 Å². The Labute approximate surface area is 100 Å². The lowest BCUT2D eigenvalue weighted by atomic mass is 10.1. The Morgan fingerprint density at radius 3 is 2.59 bits per heavy atom. The van der Waals surface area contributed by atoms with Crippen molar-refractivity contribution in [3.8, 4) is 11.6 Å². The van der Waals surface area contributed by atoms with Crippen molar-refractivity contribution in [3.05, 3.63) is 47.2 Å². The van der Waals surface area contributed by atoms with Crippen LogP contribution < -0.4 is 10.5 Å². The molecule has 0 bridgehead atoms. The van der Waals surface area contributed by atoms with Gasteiger partial charge in [-0.2, -0.15) is 5.10 Å². The fraction of sp³-hybridized carbons (Fsp3) is 0.231. The van der Waals surface area contributed by atoms with Crippen LogP contribution in [0, 0.1) is 13.8 Å². The van der Waals surface area contributed by atoms with E-state index in [1.807, 2.05) is 38.1 Å². The summed E-state index contributed by atoms with van der Waals surface area (Å²) in [6, 6.07) is 9.57. The molecule has 1 heterocycles. The summed E-state index contributed by atoms with van der Waals surface area (Å²) >= 11 is 0. The minimum absolute atomic E-state index is 0.493. The molecule has 0 aliphatic carbocycles. The minimum Gasteiger partial charge on any atom is -0.437 e. The molecule has 1 aromatic carbocycles. The molecule has 0 atom stereocenters. The Morgan fingerprint density at radius 1 is 1.12 bits per heavy atom. The fourth-order valence-corrected chi connectivity index (χ4v) is 1.44. The predicted molar refractivity (Wildman–Crippen MR) is 65.9 cm³/mol. The summed E-state index contributed by atoms with van der Waals surface area (Å²) in [5, 5.41) is 7.91. The zero-order valence-corrected chi connectivity index (χ0v) is 9.97. The number of hydrogen-bond donors (Lipinski definition) is 1. The number of rotatable bonds is 3. The van der Waals surface area contributed by atoms with Gasteiger partial charge in [0.1, 0.15) is 5.75 Å². The van der Waals surface area contributed by atoms with Gasteiger partial charge in [0, 0.05) is 12.6 Å². The SMILES string of the molecule is Cc1ccc(Oc2cc(CN)ccc2C)nn1. The van der Waals surface area contributed by atoms with Gasteiger partial charge < -0.3 is 10.5 Å². The van der Waals surface area contributed by atoms with Crippen LogP contribution in [-0.2, 0) is 6.54 Å². The second-order valence-electron chi connectivity index (χ2n) is 3.92. The lowest BCUT2D eigenvalue weighted by Gasteiger charge is -2.08. The van der Waals surface area contributed by atoms with Crippen LogP contribution in [0.2, 0.25) is 0 Å². The topological polar surface area (TPSA) is 61.0 Å². The molecule has 0 spiro atoms. The van der Waals surface area contributed by atoms with Gasteiger partial charge in [0.05, 0.1) is 5.69 Å². The lowest BCUT2D eigenvalue weighted by Crippen LogP contribution is -1.98. The summed E-state index contributed by atoms with van der Waals surface area (Å²) in [5.41, 5.74) is 8.54. The smallest absolute Gasteiger partial charge is 0.238 e. The summed E-state index contributed by atoms with van der Waals surface area (Å²) in [6.45, 7) is 4.37. The van der Waals surface area contributed by atoms with E-state index in [4.69, 9.17) is 10.5 Å². The van der Waals surface area contributed by atoms with Gasteiger partial charge in [-0.25, -0.2) is 0 Å². The normalized spacial score (nSPS) is 10.3. The summed E-state index contributed by atoms with van der Waals surface area (Å²) < 4.78 is 5.68. The molecule has 0 aliphatic rings. The molecule has 0 unspecified atom stereocenters. The van der Waals surface area contributed by atoms with Gasteiger partial charge in [0.25, 0.3) is 0 Å². The molecule has 0 aliphatic heterocycles. The molecule has 2 N–H and O–H groups in total. The number of hydrogen-bond acceptors (Lipinski definition) is 4. The van der Waals surface area contributed by atoms with E-state index in [-0.39, 0.29) is 0 Å².